The number of hydrogen-bond acceptors (Lipinski definition) is 3. The normalized spacial score (nSPS) is 20.0. The van der Waals surface area contributed by atoms with E-state index in [-0.39, 0.29) is 36.8 Å². The molecule has 0 unspecified atom stereocenters. The Labute approximate surface area is 252 Å². The predicted octanol–water partition coefficient (Wildman–Crippen LogP) is 7.46. The maximum atomic E-state index is 14.5. The van der Waals surface area contributed by atoms with Crippen molar-refractivity contribution in [2.45, 2.75) is 43.7 Å². The fraction of sp³-hybridized carbons (Fsp3) is 0.303. The molecule has 6 rings (SSSR count). The van der Waals surface area contributed by atoms with Gasteiger partial charge in [0.25, 0.3) is 0 Å². The lowest BCUT2D eigenvalue weighted by atomic mass is 9.70. The van der Waals surface area contributed by atoms with E-state index in [2.05, 4.69) is 12.0 Å². The summed E-state index contributed by atoms with van der Waals surface area (Å²) in [5, 5.41) is 4.53. The van der Waals surface area contributed by atoms with Crippen molar-refractivity contribution in [3.05, 3.63) is 119 Å². The van der Waals surface area contributed by atoms with Crippen LogP contribution in [0, 0.1) is 23.0 Å². The van der Waals surface area contributed by atoms with Crippen LogP contribution in [0.5, 0.6) is 0 Å². The van der Waals surface area contributed by atoms with Crippen LogP contribution in [0.3, 0.4) is 0 Å². The lowest BCUT2D eigenvalue weighted by molar-refractivity contribution is -0.139. The van der Waals surface area contributed by atoms with E-state index in [4.69, 9.17) is 0 Å². The van der Waals surface area contributed by atoms with Crippen molar-refractivity contribution in [2.24, 2.45) is 11.3 Å². The highest BCUT2D eigenvalue weighted by atomic mass is 32.2. The summed E-state index contributed by atoms with van der Waals surface area (Å²) in [7, 11) is -4.62. The zero-order chi connectivity index (χ0) is 31.3. The van der Waals surface area contributed by atoms with E-state index in [0.29, 0.717) is 24.9 Å². The van der Waals surface area contributed by atoms with Gasteiger partial charge in [0, 0.05) is 13.1 Å². The molecule has 0 N–H and O–H groups in total. The maximum absolute atomic E-state index is 14.5. The van der Waals surface area contributed by atoms with E-state index in [1.165, 1.54) is 30.3 Å². The number of fused-ring (bicyclic) bond motifs is 2. The Balaban J connectivity index is 1.34. The molecule has 5 nitrogen and oxygen atoms in total. The molecular weight excluding hydrogens is 597 g/mol. The molecule has 3 aromatic carbocycles. The maximum Gasteiger partial charge on any atom is 0.417 e. The molecule has 1 aromatic heterocycles. The molecule has 0 bridgehead atoms. The predicted molar refractivity (Wildman–Crippen MR) is 156 cm³/mol. The fourth-order valence-corrected chi connectivity index (χ4v) is 8.28. The second-order valence-corrected chi connectivity index (χ2v) is 13.5. The summed E-state index contributed by atoms with van der Waals surface area (Å²) >= 11 is 0. The number of nitrogens with zero attached hydrogens (tertiary/aromatic N) is 3. The fourth-order valence-electron chi connectivity index (χ4n) is 6.58. The first-order valence-corrected chi connectivity index (χ1v) is 15.8. The zero-order valence-corrected chi connectivity index (χ0v) is 24.7. The van der Waals surface area contributed by atoms with E-state index in [1.807, 2.05) is 6.08 Å². The van der Waals surface area contributed by atoms with Crippen molar-refractivity contribution in [3.63, 3.8) is 0 Å². The van der Waals surface area contributed by atoms with Crippen molar-refractivity contribution < 1.29 is 30.4 Å². The molecule has 4 aromatic rings. The minimum absolute atomic E-state index is 0.000801. The Bertz CT molecular complexity index is 1830. The first-order chi connectivity index (χ1) is 20.9. The zero-order valence-electron chi connectivity index (χ0n) is 23.9. The first-order valence-electron chi connectivity index (χ1n) is 14.3. The SMILES string of the molecule is C[C@]12Cc3cnn(-c4ccc(F)cc4)c3C=C1CC[C@@H]2CN(CCc1ccccc1F)S(=O)(=O)c1ccccc1C(F)(F)F. The van der Waals surface area contributed by atoms with Crippen LogP contribution >= 0.6 is 0 Å². The number of allylic oxidation sites excluding steroid dienone is 1. The molecule has 1 heterocycles. The number of halogens is 5. The van der Waals surface area contributed by atoms with Gasteiger partial charge < -0.3 is 0 Å². The molecule has 0 spiro atoms. The lowest BCUT2D eigenvalue weighted by Crippen LogP contribution is -2.42. The molecule has 0 aliphatic heterocycles. The van der Waals surface area contributed by atoms with Gasteiger partial charge in [0.05, 0.1) is 28.0 Å². The molecule has 230 valence electrons. The average molecular weight is 628 g/mol. The Kier molecular flexibility index (Phi) is 7.73. The molecule has 1 saturated carbocycles. The second-order valence-electron chi connectivity index (χ2n) is 11.6. The highest BCUT2D eigenvalue weighted by molar-refractivity contribution is 7.89. The quantitative estimate of drug-likeness (QED) is 0.191. The minimum atomic E-state index is -4.87. The number of rotatable bonds is 8. The van der Waals surface area contributed by atoms with Crippen LogP contribution in [0.1, 0.15) is 42.1 Å². The number of sulfonamides is 1. The van der Waals surface area contributed by atoms with Crippen LogP contribution in [0.15, 0.2) is 89.5 Å². The Hall–Kier alpha value is -3.83. The van der Waals surface area contributed by atoms with Gasteiger partial charge in [0.15, 0.2) is 0 Å². The van der Waals surface area contributed by atoms with Gasteiger partial charge in [-0.15, -0.1) is 0 Å². The van der Waals surface area contributed by atoms with Crippen LogP contribution < -0.4 is 0 Å². The summed E-state index contributed by atoms with van der Waals surface area (Å²) in [6, 6.07) is 16.2. The summed E-state index contributed by atoms with van der Waals surface area (Å²) < 4.78 is 101. The monoisotopic (exact) mass is 627 g/mol. The van der Waals surface area contributed by atoms with Gasteiger partial charge in [-0.2, -0.15) is 22.6 Å². The number of alkyl halides is 3. The second kappa shape index (κ2) is 11.3. The highest BCUT2D eigenvalue weighted by Gasteiger charge is 2.48. The average Bonchev–Trinajstić information content (AvgIpc) is 3.53. The van der Waals surface area contributed by atoms with Gasteiger partial charge in [-0.05, 0) is 96.7 Å². The standard InChI is InChI=1S/C33H30F5N3O2S/c1-32-19-23-20-39-41(27-14-12-26(34)13-15-27)30(23)18-24(32)10-11-25(32)21-40(17-16-22-6-2-4-8-29(22)35)44(42,43)31-9-5-3-7-28(31)33(36,37)38/h2-9,12-15,18,20,25H,10-11,16-17,19,21H2,1H3/t25-,32+/m1/s1. The minimum Gasteiger partial charge on any atom is -0.233 e. The third kappa shape index (κ3) is 5.47. The van der Waals surface area contributed by atoms with Crippen molar-refractivity contribution in [1.29, 1.82) is 0 Å². The summed E-state index contributed by atoms with van der Waals surface area (Å²) in [5.41, 5.74) is 2.19. The summed E-state index contributed by atoms with van der Waals surface area (Å²) in [4.78, 5) is -0.813. The molecule has 11 heteroatoms. The lowest BCUT2D eigenvalue weighted by Gasteiger charge is -2.38. The van der Waals surface area contributed by atoms with E-state index < -0.39 is 37.9 Å². The summed E-state index contributed by atoms with van der Waals surface area (Å²) in [6.07, 6.45) is 0.783. The van der Waals surface area contributed by atoms with Crippen LogP contribution in [-0.2, 0) is 29.0 Å². The van der Waals surface area contributed by atoms with Gasteiger partial charge >= 0.3 is 6.18 Å². The van der Waals surface area contributed by atoms with Gasteiger partial charge in [0.2, 0.25) is 10.0 Å². The van der Waals surface area contributed by atoms with E-state index in [9.17, 15) is 30.4 Å². The Morgan fingerprint density at radius 3 is 2.43 bits per heavy atom. The topological polar surface area (TPSA) is 55.2 Å². The highest BCUT2D eigenvalue weighted by Crippen LogP contribution is 2.53. The summed E-state index contributed by atoms with van der Waals surface area (Å²) in [6.45, 7) is 1.84. The summed E-state index contributed by atoms with van der Waals surface area (Å²) in [5.74, 6) is -1.08. The van der Waals surface area contributed by atoms with Crippen LogP contribution in [-0.4, -0.2) is 35.6 Å². The van der Waals surface area contributed by atoms with Crippen molar-refractivity contribution in [2.75, 3.05) is 13.1 Å². The molecule has 2 aliphatic carbocycles. The Morgan fingerprint density at radius 1 is 1.00 bits per heavy atom. The molecule has 0 radical (unpaired) electrons. The molecule has 2 aliphatic rings. The van der Waals surface area contributed by atoms with Crippen molar-refractivity contribution in [3.8, 4) is 5.69 Å². The van der Waals surface area contributed by atoms with E-state index in [0.717, 1.165) is 39.3 Å². The number of hydrogen-bond donors (Lipinski definition) is 0. The molecule has 1 fully saturated rings. The Morgan fingerprint density at radius 2 is 1.70 bits per heavy atom. The van der Waals surface area contributed by atoms with Gasteiger partial charge in [-0.3, -0.25) is 0 Å². The number of benzene rings is 3. The van der Waals surface area contributed by atoms with Crippen LogP contribution in [0.2, 0.25) is 0 Å². The molecule has 2 atom stereocenters. The molecule has 44 heavy (non-hydrogen) atoms. The van der Waals surface area contributed by atoms with E-state index in [1.54, 1.807) is 35.1 Å². The first kappa shape index (κ1) is 30.2. The molecule has 0 saturated heterocycles. The van der Waals surface area contributed by atoms with Crippen LogP contribution in [0.4, 0.5) is 22.0 Å². The third-order valence-electron chi connectivity index (χ3n) is 9.05. The van der Waals surface area contributed by atoms with E-state index >= 15 is 0 Å². The smallest absolute Gasteiger partial charge is 0.233 e. The molecular formula is C33H30F5N3O2S. The third-order valence-corrected chi connectivity index (χ3v) is 11.0. The van der Waals surface area contributed by atoms with Crippen molar-refractivity contribution >= 4 is 16.1 Å². The van der Waals surface area contributed by atoms with Gasteiger partial charge in [-0.1, -0.05) is 42.8 Å². The number of aromatic nitrogens is 2. The van der Waals surface area contributed by atoms with Crippen LogP contribution in [0.25, 0.3) is 11.8 Å². The van der Waals surface area contributed by atoms with Gasteiger partial charge in [-0.25, -0.2) is 21.9 Å². The largest absolute Gasteiger partial charge is 0.417 e. The van der Waals surface area contributed by atoms with Gasteiger partial charge in [0.1, 0.15) is 11.6 Å². The molecule has 0 amide bonds. The van der Waals surface area contributed by atoms with Crippen molar-refractivity contribution in [1.82, 2.24) is 14.1 Å².